The van der Waals surface area contributed by atoms with Crippen molar-refractivity contribution in [2.24, 2.45) is 0 Å². The number of carbonyl (C=O) groups excluding carboxylic acids is 1. The van der Waals surface area contributed by atoms with Crippen LogP contribution >= 0.6 is 23.1 Å². The van der Waals surface area contributed by atoms with E-state index in [4.69, 9.17) is 0 Å². The van der Waals surface area contributed by atoms with Crippen LogP contribution in [0, 0.1) is 5.82 Å². The third kappa shape index (κ3) is 5.41. The Hall–Kier alpha value is -2.18. The first kappa shape index (κ1) is 17.6. The molecule has 1 N–H and O–H groups in total. The van der Waals surface area contributed by atoms with E-state index in [0.29, 0.717) is 12.2 Å². The van der Waals surface area contributed by atoms with Gasteiger partial charge in [-0.15, -0.1) is 23.1 Å². The highest BCUT2D eigenvalue weighted by Crippen LogP contribution is 2.24. The Balaban J connectivity index is 1.45. The molecule has 0 spiro atoms. The van der Waals surface area contributed by atoms with Gasteiger partial charge in [0.25, 0.3) is 0 Å². The molecule has 0 fully saturated rings. The van der Waals surface area contributed by atoms with Crippen LogP contribution in [0.4, 0.5) is 4.39 Å². The van der Waals surface area contributed by atoms with Crippen LogP contribution < -0.4 is 5.32 Å². The molecular formula is C19H17FN2OS2. The van der Waals surface area contributed by atoms with Gasteiger partial charge in [-0.2, -0.15) is 0 Å². The highest BCUT2D eigenvalue weighted by Gasteiger charge is 2.09. The third-order valence-corrected chi connectivity index (χ3v) is 5.36. The van der Waals surface area contributed by atoms with E-state index in [1.54, 1.807) is 17.8 Å². The highest BCUT2D eigenvalue weighted by atomic mass is 32.2. The van der Waals surface area contributed by atoms with E-state index < -0.39 is 0 Å². The minimum atomic E-state index is -0.289. The number of hydrogen-bond donors (Lipinski definition) is 1. The van der Waals surface area contributed by atoms with E-state index in [1.807, 2.05) is 29.6 Å². The number of hydrogen-bond acceptors (Lipinski definition) is 4. The Morgan fingerprint density at radius 2 is 2.00 bits per heavy atom. The predicted octanol–water partition coefficient (Wildman–Crippen LogP) is 4.40. The van der Waals surface area contributed by atoms with E-state index >= 15 is 0 Å². The zero-order chi connectivity index (χ0) is 17.5. The number of halogens is 1. The molecule has 0 unspecified atom stereocenters. The van der Waals surface area contributed by atoms with E-state index in [0.717, 1.165) is 16.3 Å². The number of carbonyl (C=O) groups is 1. The lowest BCUT2D eigenvalue weighted by atomic mass is 10.2. The molecule has 0 aliphatic rings. The topological polar surface area (TPSA) is 42.0 Å². The summed E-state index contributed by atoms with van der Waals surface area (Å²) >= 11 is 3.12. The van der Waals surface area contributed by atoms with Crippen molar-refractivity contribution in [2.75, 3.05) is 12.3 Å². The summed E-state index contributed by atoms with van der Waals surface area (Å²) in [5.74, 6) is 0.481. The maximum absolute atomic E-state index is 13.3. The van der Waals surface area contributed by atoms with Gasteiger partial charge in [0.05, 0.1) is 12.1 Å². The summed E-state index contributed by atoms with van der Waals surface area (Å²) < 4.78 is 13.3. The fourth-order valence-electron chi connectivity index (χ4n) is 2.25. The maximum Gasteiger partial charge on any atom is 0.226 e. The molecule has 25 heavy (non-hydrogen) atoms. The van der Waals surface area contributed by atoms with Gasteiger partial charge in [0, 0.05) is 28.1 Å². The first-order valence-electron chi connectivity index (χ1n) is 7.85. The molecule has 0 aliphatic heterocycles. The SMILES string of the molecule is O=C(Cc1csc(-c2cccc(F)c2)n1)NCCSc1ccccc1. The summed E-state index contributed by atoms with van der Waals surface area (Å²) in [7, 11) is 0. The molecule has 3 nitrogen and oxygen atoms in total. The summed E-state index contributed by atoms with van der Waals surface area (Å²) in [6.45, 7) is 0.610. The monoisotopic (exact) mass is 372 g/mol. The van der Waals surface area contributed by atoms with Crippen LogP contribution in [-0.4, -0.2) is 23.2 Å². The summed E-state index contributed by atoms with van der Waals surface area (Å²) in [5, 5.41) is 5.47. The van der Waals surface area contributed by atoms with Crippen molar-refractivity contribution >= 4 is 29.0 Å². The Kier molecular flexibility index (Phi) is 6.19. The quantitative estimate of drug-likeness (QED) is 0.494. The minimum absolute atomic E-state index is 0.0512. The first-order valence-corrected chi connectivity index (χ1v) is 9.72. The molecule has 0 atom stereocenters. The van der Waals surface area contributed by atoms with Gasteiger partial charge < -0.3 is 5.32 Å². The van der Waals surface area contributed by atoms with Crippen molar-refractivity contribution < 1.29 is 9.18 Å². The van der Waals surface area contributed by atoms with Crippen LogP contribution in [0.25, 0.3) is 10.6 Å². The second kappa shape index (κ2) is 8.78. The molecule has 1 heterocycles. The van der Waals surface area contributed by atoms with E-state index in [2.05, 4.69) is 22.4 Å². The van der Waals surface area contributed by atoms with Crippen LogP contribution in [-0.2, 0) is 11.2 Å². The van der Waals surface area contributed by atoms with Crippen LogP contribution in [0.3, 0.4) is 0 Å². The number of rotatable bonds is 7. The van der Waals surface area contributed by atoms with Crippen LogP contribution in [0.2, 0.25) is 0 Å². The number of aromatic nitrogens is 1. The van der Waals surface area contributed by atoms with E-state index in [-0.39, 0.29) is 18.1 Å². The summed E-state index contributed by atoms with van der Waals surface area (Å²) in [5.41, 5.74) is 1.44. The Morgan fingerprint density at radius 1 is 1.16 bits per heavy atom. The number of thioether (sulfide) groups is 1. The van der Waals surface area contributed by atoms with Crippen molar-refractivity contribution in [2.45, 2.75) is 11.3 Å². The van der Waals surface area contributed by atoms with Crippen molar-refractivity contribution in [1.82, 2.24) is 10.3 Å². The zero-order valence-electron chi connectivity index (χ0n) is 13.4. The van der Waals surface area contributed by atoms with Crippen molar-refractivity contribution in [3.8, 4) is 10.6 Å². The number of nitrogens with zero attached hydrogens (tertiary/aromatic N) is 1. The van der Waals surface area contributed by atoms with Crippen molar-refractivity contribution in [3.05, 3.63) is 71.5 Å². The summed E-state index contributed by atoms with van der Waals surface area (Å²) in [6, 6.07) is 16.4. The lowest BCUT2D eigenvalue weighted by Crippen LogP contribution is -2.27. The number of amides is 1. The van der Waals surface area contributed by atoms with Gasteiger partial charge in [0.2, 0.25) is 5.91 Å². The van der Waals surface area contributed by atoms with Gasteiger partial charge in [-0.1, -0.05) is 30.3 Å². The van der Waals surface area contributed by atoms with Crippen LogP contribution in [0.1, 0.15) is 5.69 Å². The van der Waals surface area contributed by atoms with Gasteiger partial charge in [-0.05, 0) is 24.3 Å². The van der Waals surface area contributed by atoms with Crippen molar-refractivity contribution in [1.29, 1.82) is 0 Å². The van der Waals surface area contributed by atoms with E-state index in [9.17, 15) is 9.18 Å². The number of nitrogens with one attached hydrogen (secondary N) is 1. The second-order valence-electron chi connectivity index (χ2n) is 5.34. The lowest BCUT2D eigenvalue weighted by molar-refractivity contribution is -0.120. The van der Waals surface area contributed by atoms with Crippen molar-refractivity contribution in [3.63, 3.8) is 0 Å². The smallest absolute Gasteiger partial charge is 0.226 e. The average Bonchev–Trinajstić information content (AvgIpc) is 3.08. The van der Waals surface area contributed by atoms with Gasteiger partial charge in [-0.3, -0.25) is 4.79 Å². The molecule has 0 radical (unpaired) electrons. The van der Waals surface area contributed by atoms with Gasteiger partial charge in [0.1, 0.15) is 10.8 Å². The highest BCUT2D eigenvalue weighted by molar-refractivity contribution is 7.99. The number of benzene rings is 2. The molecule has 0 bridgehead atoms. The Labute approximate surface area is 154 Å². The summed E-state index contributed by atoms with van der Waals surface area (Å²) in [6.07, 6.45) is 0.238. The molecule has 1 amide bonds. The van der Waals surface area contributed by atoms with Gasteiger partial charge in [-0.25, -0.2) is 9.37 Å². The average molecular weight is 372 g/mol. The Morgan fingerprint density at radius 3 is 2.80 bits per heavy atom. The third-order valence-electron chi connectivity index (χ3n) is 3.40. The predicted molar refractivity (Wildman–Crippen MR) is 101 cm³/mol. The summed E-state index contributed by atoms with van der Waals surface area (Å²) in [4.78, 5) is 17.6. The van der Waals surface area contributed by atoms with E-state index in [1.165, 1.54) is 28.4 Å². The normalized spacial score (nSPS) is 10.6. The van der Waals surface area contributed by atoms with Gasteiger partial charge >= 0.3 is 0 Å². The fourth-order valence-corrected chi connectivity index (χ4v) is 3.85. The Bertz CT molecular complexity index is 836. The maximum atomic E-state index is 13.3. The van der Waals surface area contributed by atoms with Gasteiger partial charge in [0.15, 0.2) is 0 Å². The van der Waals surface area contributed by atoms with Crippen LogP contribution in [0.5, 0.6) is 0 Å². The standard InChI is InChI=1S/C19H17FN2OS2/c20-15-6-4-5-14(11-15)19-22-16(13-25-19)12-18(23)21-9-10-24-17-7-2-1-3-8-17/h1-8,11,13H,9-10,12H2,(H,21,23). The molecule has 3 rings (SSSR count). The molecule has 2 aromatic carbocycles. The first-order chi connectivity index (χ1) is 12.2. The molecule has 0 saturated carbocycles. The molecular weight excluding hydrogens is 355 g/mol. The molecule has 0 saturated heterocycles. The molecule has 6 heteroatoms. The van der Waals surface area contributed by atoms with Crippen LogP contribution in [0.15, 0.2) is 64.9 Å². The fraction of sp³-hybridized carbons (Fsp3) is 0.158. The largest absolute Gasteiger partial charge is 0.355 e. The zero-order valence-corrected chi connectivity index (χ0v) is 15.1. The molecule has 0 aliphatic carbocycles. The number of thiazole rings is 1. The minimum Gasteiger partial charge on any atom is -0.355 e. The molecule has 1 aromatic heterocycles. The second-order valence-corrected chi connectivity index (χ2v) is 7.37. The lowest BCUT2D eigenvalue weighted by Gasteiger charge is -2.04. The molecule has 3 aromatic rings. The molecule has 128 valence electrons.